The van der Waals surface area contributed by atoms with E-state index < -0.39 is 39.2 Å². The van der Waals surface area contributed by atoms with Gasteiger partial charge in [0.1, 0.15) is 5.69 Å². The molecule has 7 nitrogen and oxygen atoms in total. The number of nitrogens with two attached hydrogens (primary N) is 1. The van der Waals surface area contributed by atoms with Gasteiger partial charge in [-0.1, -0.05) is 61.5 Å². The number of nitrogens with one attached hydrogen (secondary N) is 1. The van der Waals surface area contributed by atoms with E-state index >= 15 is 0 Å². The Bertz CT molecular complexity index is 1530. The van der Waals surface area contributed by atoms with Gasteiger partial charge in [-0.2, -0.15) is 17.9 Å². The molecule has 3 rings (SSSR count). The zero-order chi connectivity index (χ0) is 30.4. The first-order chi connectivity index (χ1) is 19.3. The van der Waals surface area contributed by atoms with Gasteiger partial charge < -0.3 is 15.0 Å². The van der Waals surface area contributed by atoms with Crippen molar-refractivity contribution in [1.82, 2.24) is 9.29 Å². The first kappa shape index (κ1) is 31.7. The topological polar surface area (TPSA) is 103 Å². The van der Waals surface area contributed by atoms with Crippen molar-refractivity contribution in [3.05, 3.63) is 113 Å². The van der Waals surface area contributed by atoms with Crippen LogP contribution >= 0.6 is 0 Å². The second kappa shape index (κ2) is 12.8. The largest absolute Gasteiger partial charge is 0.464 e. The van der Waals surface area contributed by atoms with Crippen LogP contribution in [0.2, 0.25) is 0 Å². The molecule has 0 aliphatic heterocycles. The van der Waals surface area contributed by atoms with Crippen LogP contribution in [0.5, 0.6) is 0 Å². The number of benzene rings is 2. The number of ether oxygens (including phenoxy) is 1. The lowest BCUT2D eigenvalue weighted by Gasteiger charge is -2.41. The highest BCUT2D eigenvalue weighted by Gasteiger charge is 2.44. The third-order valence-corrected chi connectivity index (χ3v) is 8.61. The standard InChI is InChI=1S/C30H34F3N3O4S/c1-5-23(15-14-21(2)20-34)29(19-22-10-7-6-8-11-22,24-12-9-13-25(18-24)30(31,32)33)35-41(38,39)27-17-16-26(36(27)3)28(37)40-4/h6-18,20,23,35H,5,19,34H2,1-4H3/b15-14-,21-20-. The number of carbonyl (C=O) groups excluding carboxylic acids is 1. The number of halogens is 3. The number of aromatic nitrogens is 1. The maximum atomic E-state index is 14.1. The maximum absolute atomic E-state index is 14.1. The van der Waals surface area contributed by atoms with E-state index in [0.29, 0.717) is 17.6 Å². The fraction of sp³-hybridized carbons (Fsp3) is 0.300. The summed E-state index contributed by atoms with van der Waals surface area (Å²) in [5.41, 5.74) is 4.68. The van der Waals surface area contributed by atoms with Gasteiger partial charge in [-0.15, -0.1) is 0 Å². The average Bonchev–Trinajstić information content (AvgIpc) is 3.34. The average molecular weight is 590 g/mol. The Balaban J connectivity index is 2.36. The molecule has 0 saturated carbocycles. The summed E-state index contributed by atoms with van der Waals surface area (Å²) in [4.78, 5) is 12.2. The normalized spacial score (nSPS) is 15.0. The molecule has 0 spiro atoms. The predicted octanol–water partition coefficient (Wildman–Crippen LogP) is 5.69. The summed E-state index contributed by atoms with van der Waals surface area (Å²) in [6.07, 6.45) is 0.590. The lowest BCUT2D eigenvalue weighted by Crippen LogP contribution is -2.52. The fourth-order valence-corrected chi connectivity index (χ4v) is 6.48. The van der Waals surface area contributed by atoms with Crippen LogP contribution in [-0.4, -0.2) is 26.1 Å². The molecule has 2 atom stereocenters. The van der Waals surface area contributed by atoms with Gasteiger partial charge in [0.25, 0.3) is 10.0 Å². The summed E-state index contributed by atoms with van der Waals surface area (Å²) in [7, 11) is -1.86. The van der Waals surface area contributed by atoms with Crippen LogP contribution in [-0.2, 0) is 39.9 Å². The molecule has 0 saturated heterocycles. The number of rotatable bonds is 11. The molecule has 3 aromatic rings. The lowest BCUT2D eigenvalue weighted by molar-refractivity contribution is -0.137. The molecule has 41 heavy (non-hydrogen) atoms. The van der Waals surface area contributed by atoms with Crippen molar-refractivity contribution in [1.29, 1.82) is 0 Å². The number of esters is 1. The molecule has 0 aliphatic rings. The molecule has 2 unspecified atom stereocenters. The Morgan fingerprint density at radius 1 is 1.07 bits per heavy atom. The first-order valence-corrected chi connectivity index (χ1v) is 14.3. The van der Waals surface area contributed by atoms with E-state index in [0.717, 1.165) is 12.1 Å². The zero-order valence-corrected chi connectivity index (χ0v) is 24.1. The van der Waals surface area contributed by atoms with Crippen LogP contribution in [0.25, 0.3) is 0 Å². The van der Waals surface area contributed by atoms with Crippen molar-refractivity contribution < 1.29 is 31.1 Å². The van der Waals surface area contributed by atoms with E-state index in [2.05, 4.69) is 4.72 Å². The van der Waals surface area contributed by atoms with Crippen molar-refractivity contribution in [2.24, 2.45) is 18.7 Å². The van der Waals surface area contributed by atoms with Gasteiger partial charge >= 0.3 is 12.1 Å². The third-order valence-electron chi connectivity index (χ3n) is 7.02. The summed E-state index contributed by atoms with van der Waals surface area (Å²) in [6, 6.07) is 16.2. The fourth-order valence-electron chi connectivity index (χ4n) is 4.85. The highest BCUT2D eigenvalue weighted by atomic mass is 32.2. The maximum Gasteiger partial charge on any atom is 0.416 e. The van der Waals surface area contributed by atoms with Gasteiger partial charge in [-0.3, -0.25) is 0 Å². The molecular weight excluding hydrogens is 555 g/mol. The van der Waals surface area contributed by atoms with E-state index in [1.54, 1.807) is 49.4 Å². The molecular formula is C30H34F3N3O4S. The number of alkyl halides is 3. The number of allylic oxidation sites excluding steroid dienone is 2. The number of carbonyl (C=O) groups is 1. The van der Waals surface area contributed by atoms with E-state index in [4.69, 9.17) is 10.5 Å². The molecule has 11 heteroatoms. The van der Waals surface area contributed by atoms with Crippen LogP contribution in [0.4, 0.5) is 13.2 Å². The predicted molar refractivity (Wildman–Crippen MR) is 151 cm³/mol. The second-order valence-corrected chi connectivity index (χ2v) is 11.3. The highest BCUT2D eigenvalue weighted by Crippen LogP contribution is 2.41. The minimum atomic E-state index is -4.66. The van der Waals surface area contributed by atoms with Gasteiger partial charge in [0.15, 0.2) is 5.03 Å². The van der Waals surface area contributed by atoms with Gasteiger partial charge in [0.05, 0.1) is 18.2 Å². The molecule has 0 amide bonds. The molecule has 2 aromatic carbocycles. The molecule has 0 fully saturated rings. The Hall–Kier alpha value is -3.83. The van der Waals surface area contributed by atoms with Crippen LogP contribution in [0.1, 0.15) is 47.4 Å². The Morgan fingerprint density at radius 2 is 1.73 bits per heavy atom. The van der Waals surface area contributed by atoms with Crippen molar-refractivity contribution >= 4 is 16.0 Å². The SMILES string of the molecule is CCC(/C=C\C(C)=C/N)C(Cc1ccccc1)(NS(=O)(=O)c1ccc(C(=O)OC)n1C)c1cccc(C(F)(F)F)c1. The van der Waals surface area contributed by atoms with Gasteiger partial charge in [0, 0.05) is 13.0 Å². The van der Waals surface area contributed by atoms with Crippen molar-refractivity contribution in [3.8, 4) is 0 Å². The van der Waals surface area contributed by atoms with Crippen molar-refractivity contribution in [3.63, 3.8) is 0 Å². The smallest absolute Gasteiger partial charge is 0.416 e. The van der Waals surface area contributed by atoms with Crippen molar-refractivity contribution in [2.45, 2.75) is 43.4 Å². The lowest BCUT2D eigenvalue weighted by atomic mass is 9.72. The molecule has 0 aliphatic carbocycles. The number of nitrogens with zero attached hydrogens (tertiary/aromatic N) is 1. The minimum absolute atomic E-state index is 0.00347. The number of methoxy groups -OCH3 is 1. The molecule has 1 heterocycles. The third kappa shape index (κ3) is 7.09. The van der Waals surface area contributed by atoms with Gasteiger partial charge in [-0.05, 0) is 66.9 Å². The number of sulfonamides is 1. The second-order valence-electron chi connectivity index (χ2n) is 9.71. The summed E-state index contributed by atoms with van der Waals surface area (Å²) >= 11 is 0. The molecule has 0 bridgehead atoms. The van der Waals surface area contributed by atoms with Crippen LogP contribution in [0.15, 0.2) is 95.7 Å². The minimum Gasteiger partial charge on any atom is -0.464 e. The van der Waals surface area contributed by atoms with E-state index in [-0.39, 0.29) is 22.7 Å². The van der Waals surface area contributed by atoms with E-state index in [9.17, 15) is 26.4 Å². The molecule has 220 valence electrons. The van der Waals surface area contributed by atoms with Crippen LogP contribution < -0.4 is 10.5 Å². The summed E-state index contributed by atoms with van der Waals surface area (Å²) in [5, 5.41) is -0.251. The Labute approximate surface area is 238 Å². The summed E-state index contributed by atoms with van der Waals surface area (Å²) < 4.78 is 78.6. The first-order valence-electron chi connectivity index (χ1n) is 12.9. The highest BCUT2D eigenvalue weighted by molar-refractivity contribution is 7.89. The van der Waals surface area contributed by atoms with Crippen LogP contribution in [0, 0.1) is 5.92 Å². The number of hydrogen-bond donors (Lipinski definition) is 2. The Kier molecular flexibility index (Phi) is 9.88. The molecule has 0 radical (unpaired) electrons. The van der Waals surface area contributed by atoms with E-state index in [1.807, 2.05) is 6.92 Å². The van der Waals surface area contributed by atoms with Gasteiger partial charge in [0.2, 0.25) is 0 Å². The van der Waals surface area contributed by atoms with Crippen molar-refractivity contribution in [2.75, 3.05) is 7.11 Å². The van der Waals surface area contributed by atoms with Crippen LogP contribution in [0.3, 0.4) is 0 Å². The molecule has 1 aromatic heterocycles. The summed E-state index contributed by atoms with van der Waals surface area (Å²) in [5.74, 6) is -1.36. The monoisotopic (exact) mass is 589 g/mol. The number of hydrogen-bond acceptors (Lipinski definition) is 5. The van der Waals surface area contributed by atoms with E-state index in [1.165, 1.54) is 49.2 Å². The molecule has 3 N–H and O–H groups in total. The van der Waals surface area contributed by atoms with Gasteiger partial charge in [-0.25, -0.2) is 13.2 Å². The zero-order valence-electron chi connectivity index (χ0n) is 23.3. The summed E-state index contributed by atoms with van der Waals surface area (Å²) in [6.45, 7) is 3.59. The Morgan fingerprint density at radius 3 is 2.32 bits per heavy atom. The quantitative estimate of drug-likeness (QED) is 0.221.